The predicted octanol–water partition coefficient (Wildman–Crippen LogP) is 10.9. The van der Waals surface area contributed by atoms with E-state index in [9.17, 15) is 0 Å². The minimum absolute atomic E-state index is 0.841. The van der Waals surface area contributed by atoms with E-state index >= 15 is 0 Å². The molecule has 0 aliphatic carbocycles. The van der Waals surface area contributed by atoms with Gasteiger partial charge in [-0.25, -0.2) is 19.9 Å². The molecule has 0 spiro atoms. The smallest absolute Gasteiger partial charge is 0.165 e. The molecule has 0 bridgehead atoms. The van der Waals surface area contributed by atoms with E-state index in [1.54, 1.807) is 0 Å². The number of nitrogens with zero attached hydrogens (tertiary/aromatic N) is 7. The van der Waals surface area contributed by atoms with E-state index in [0.717, 1.165) is 105 Å². The molecule has 0 saturated heterocycles. The maximum atomic E-state index is 5.19. The topological polar surface area (TPSA) is 66.3 Å². The van der Waals surface area contributed by atoms with Crippen LogP contribution in [0.25, 0.3) is 105 Å². The van der Waals surface area contributed by atoms with Crippen LogP contribution in [0.2, 0.25) is 0 Å². The Morgan fingerprint density at radius 2 is 0.679 bits per heavy atom. The molecule has 7 aromatic carbocycles. The molecule has 0 saturated carbocycles. The van der Waals surface area contributed by atoms with Crippen molar-refractivity contribution in [2.24, 2.45) is 0 Å². The van der Waals surface area contributed by atoms with Crippen LogP contribution in [0.15, 0.2) is 164 Å². The fraction of sp³-hybridized carbons (Fsp3) is 0. The number of para-hydroxylation sites is 7. The summed E-state index contributed by atoms with van der Waals surface area (Å²) in [4.78, 5) is 20.6. The van der Waals surface area contributed by atoms with Crippen LogP contribution < -0.4 is 0 Å². The summed E-state index contributed by atoms with van der Waals surface area (Å²) >= 11 is 0. The Hall–Kier alpha value is -7.38. The third kappa shape index (κ3) is 3.98. The molecule has 7 heteroatoms. The van der Waals surface area contributed by atoms with Gasteiger partial charge in [-0.05, 0) is 84.9 Å². The number of aromatic nitrogens is 7. The zero-order valence-electron chi connectivity index (χ0n) is 28.2. The monoisotopic (exact) mass is 677 g/mol. The van der Waals surface area contributed by atoms with Gasteiger partial charge in [-0.3, -0.25) is 9.13 Å². The third-order valence-electron chi connectivity index (χ3n) is 10.6. The Balaban J connectivity index is 1.17. The average molecular weight is 678 g/mol. The summed E-state index contributed by atoms with van der Waals surface area (Å²) in [6.45, 7) is 0. The quantitative estimate of drug-likeness (QED) is 0.187. The maximum absolute atomic E-state index is 5.19. The van der Waals surface area contributed by atoms with E-state index in [1.165, 1.54) is 0 Å². The maximum Gasteiger partial charge on any atom is 0.165 e. The number of hydrogen-bond acceptors (Lipinski definition) is 4. The zero-order valence-corrected chi connectivity index (χ0v) is 28.2. The highest BCUT2D eigenvalue weighted by molar-refractivity contribution is 6.13. The minimum Gasteiger partial charge on any atom is -0.309 e. The number of rotatable bonds is 3. The molecule has 0 atom stereocenters. The average Bonchev–Trinajstić information content (AvgIpc) is 3.84. The van der Waals surface area contributed by atoms with Crippen LogP contribution in [0, 0.1) is 0 Å². The molecule has 5 heterocycles. The van der Waals surface area contributed by atoms with Crippen LogP contribution in [0.1, 0.15) is 0 Å². The molecule has 5 aromatic heterocycles. The predicted molar refractivity (Wildman–Crippen MR) is 216 cm³/mol. The molecule has 53 heavy (non-hydrogen) atoms. The largest absolute Gasteiger partial charge is 0.309 e. The lowest BCUT2D eigenvalue weighted by Gasteiger charge is -2.10. The van der Waals surface area contributed by atoms with Crippen LogP contribution in [0.4, 0.5) is 0 Å². The molecular weight excluding hydrogens is 651 g/mol. The molecule has 0 unspecified atom stereocenters. The van der Waals surface area contributed by atoms with Crippen molar-refractivity contribution in [3.8, 4) is 17.1 Å². The summed E-state index contributed by atoms with van der Waals surface area (Å²) < 4.78 is 6.87. The Kier molecular flexibility index (Phi) is 5.65. The molecule has 0 aliphatic rings. The van der Waals surface area contributed by atoms with Crippen LogP contribution >= 0.6 is 0 Å². The van der Waals surface area contributed by atoms with E-state index in [2.05, 4.69) is 129 Å². The normalized spacial score (nSPS) is 12.2. The van der Waals surface area contributed by atoms with Crippen LogP contribution in [0.3, 0.4) is 0 Å². The van der Waals surface area contributed by atoms with Gasteiger partial charge in [0.15, 0.2) is 11.3 Å². The van der Waals surface area contributed by atoms with Gasteiger partial charge in [-0.1, -0.05) is 78.9 Å². The van der Waals surface area contributed by atoms with E-state index in [0.29, 0.717) is 0 Å². The summed E-state index contributed by atoms with van der Waals surface area (Å²) in [5.41, 5.74) is 14.5. The van der Waals surface area contributed by atoms with Crippen molar-refractivity contribution in [2.45, 2.75) is 0 Å². The first-order valence-corrected chi connectivity index (χ1v) is 17.7. The van der Waals surface area contributed by atoms with Gasteiger partial charge in [0.2, 0.25) is 0 Å². The van der Waals surface area contributed by atoms with Gasteiger partial charge < -0.3 is 4.57 Å². The van der Waals surface area contributed by atoms with Crippen molar-refractivity contribution in [3.63, 3.8) is 0 Å². The lowest BCUT2D eigenvalue weighted by molar-refractivity contribution is 1.14. The summed E-state index contributed by atoms with van der Waals surface area (Å²) in [5.74, 6) is 0. The first kappa shape index (κ1) is 28.3. The SMILES string of the molecule is c1ccc(-n2c3ccc(-n4c5ccccc5c5nc6ccccc6nc54)cc3c3cc(-n4c5ccccc5c5nc6ccccc6nc54)ccc32)cc1. The van der Waals surface area contributed by atoms with Crippen molar-refractivity contribution in [3.05, 3.63) is 164 Å². The summed E-state index contributed by atoms with van der Waals surface area (Å²) in [6, 6.07) is 57.2. The number of fused-ring (bicyclic) bond motifs is 11. The molecule has 0 amide bonds. The van der Waals surface area contributed by atoms with Crippen molar-refractivity contribution >= 4 is 88.0 Å². The van der Waals surface area contributed by atoms with E-state index in [4.69, 9.17) is 19.9 Å². The summed E-state index contributed by atoms with van der Waals surface area (Å²) in [6.07, 6.45) is 0. The Bertz CT molecular complexity index is 3250. The van der Waals surface area contributed by atoms with Gasteiger partial charge in [-0.15, -0.1) is 0 Å². The Morgan fingerprint density at radius 1 is 0.283 bits per heavy atom. The molecule has 246 valence electrons. The van der Waals surface area contributed by atoms with E-state index in [-0.39, 0.29) is 0 Å². The number of benzene rings is 7. The van der Waals surface area contributed by atoms with Gasteiger partial charge in [0, 0.05) is 38.6 Å². The van der Waals surface area contributed by atoms with Crippen LogP contribution in [-0.4, -0.2) is 33.6 Å². The molecule has 0 fully saturated rings. The van der Waals surface area contributed by atoms with Crippen LogP contribution in [0.5, 0.6) is 0 Å². The zero-order chi connectivity index (χ0) is 34.6. The molecule has 7 nitrogen and oxygen atoms in total. The van der Waals surface area contributed by atoms with Crippen molar-refractivity contribution < 1.29 is 0 Å². The Morgan fingerprint density at radius 3 is 1.17 bits per heavy atom. The lowest BCUT2D eigenvalue weighted by atomic mass is 10.1. The van der Waals surface area contributed by atoms with Gasteiger partial charge in [0.1, 0.15) is 11.0 Å². The highest BCUT2D eigenvalue weighted by Crippen LogP contribution is 2.39. The molecule has 0 N–H and O–H groups in total. The second-order valence-corrected chi connectivity index (χ2v) is 13.5. The molecule has 0 radical (unpaired) electrons. The van der Waals surface area contributed by atoms with E-state index in [1.807, 2.05) is 48.5 Å². The fourth-order valence-electron chi connectivity index (χ4n) is 8.28. The van der Waals surface area contributed by atoms with E-state index < -0.39 is 0 Å². The fourth-order valence-corrected chi connectivity index (χ4v) is 8.28. The second kappa shape index (κ2) is 10.6. The molecular formula is C46H27N7. The molecule has 12 aromatic rings. The summed E-state index contributed by atoms with van der Waals surface area (Å²) in [7, 11) is 0. The molecule has 12 rings (SSSR count). The Labute approximate surface area is 301 Å². The van der Waals surface area contributed by atoms with Crippen LogP contribution in [-0.2, 0) is 0 Å². The number of hydrogen-bond donors (Lipinski definition) is 0. The van der Waals surface area contributed by atoms with Crippen molar-refractivity contribution in [1.82, 2.24) is 33.6 Å². The first-order chi connectivity index (χ1) is 26.3. The van der Waals surface area contributed by atoms with Crippen molar-refractivity contribution in [1.29, 1.82) is 0 Å². The lowest BCUT2D eigenvalue weighted by Crippen LogP contribution is -1.97. The summed E-state index contributed by atoms with van der Waals surface area (Å²) in [5, 5.41) is 4.44. The van der Waals surface area contributed by atoms with Gasteiger partial charge in [-0.2, -0.15) is 0 Å². The standard InChI is InChI=1S/C46H27N7/c1-2-12-28(13-3-1)51-41-24-22-29(52-39-20-10-4-14-31(39)43-45(52)49-37-18-8-6-16-35(37)47-43)26-33(41)34-27-30(23-25-42(34)51)53-40-21-11-5-15-32(40)44-46(53)50-38-19-9-7-17-36(38)48-44/h1-27H. The highest BCUT2D eigenvalue weighted by Gasteiger charge is 2.21. The first-order valence-electron chi connectivity index (χ1n) is 17.7. The van der Waals surface area contributed by atoms with Gasteiger partial charge in [0.05, 0.1) is 44.1 Å². The third-order valence-corrected chi connectivity index (χ3v) is 10.6. The van der Waals surface area contributed by atoms with Crippen molar-refractivity contribution in [2.75, 3.05) is 0 Å². The highest BCUT2D eigenvalue weighted by atomic mass is 15.1. The second-order valence-electron chi connectivity index (χ2n) is 13.5. The van der Waals surface area contributed by atoms with Gasteiger partial charge in [0.25, 0.3) is 0 Å². The van der Waals surface area contributed by atoms with Gasteiger partial charge >= 0.3 is 0 Å². The minimum atomic E-state index is 0.841. The molecule has 0 aliphatic heterocycles.